The van der Waals surface area contributed by atoms with Gasteiger partial charge in [-0.05, 0) is 18.2 Å². The number of furan rings is 1. The van der Waals surface area contributed by atoms with Gasteiger partial charge in [0.05, 0.1) is 19.2 Å². The molecular weight excluding hydrogens is 260 g/mol. The predicted octanol–water partition coefficient (Wildman–Crippen LogP) is 1.60. The molecule has 2 aliphatic rings. The highest BCUT2D eigenvalue weighted by Gasteiger charge is 2.21. The number of nitro groups is 1. The maximum Gasteiger partial charge on any atom is 0.433 e. The van der Waals surface area contributed by atoms with Gasteiger partial charge in [-0.15, -0.1) is 12.4 Å². The molecule has 0 bridgehead atoms. The van der Waals surface area contributed by atoms with Gasteiger partial charge in [0.2, 0.25) is 0 Å². The lowest BCUT2D eigenvalue weighted by Gasteiger charge is -2.16. The molecule has 7 nitrogen and oxygen atoms in total. The van der Waals surface area contributed by atoms with Crippen LogP contribution in [0.15, 0.2) is 38.8 Å². The van der Waals surface area contributed by atoms with E-state index in [2.05, 4.69) is 10.1 Å². The Balaban J connectivity index is 0.00000120. The van der Waals surface area contributed by atoms with Gasteiger partial charge in [-0.3, -0.25) is 15.1 Å². The molecule has 0 atom stereocenters. The van der Waals surface area contributed by atoms with Crippen LogP contribution in [-0.4, -0.2) is 34.6 Å². The first-order valence-corrected chi connectivity index (χ1v) is 5.07. The third-order valence-corrected chi connectivity index (χ3v) is 2.49. The number of nitrogens with zero attached hydrogens (tertiary/aromatic N) is 4. The zero-order valence-corrected chi connectivity index (χ0v) is 9.96. The first-order chi connectivity index (χ1) is 8.24. The summed E-state index contributed by atoms with van der Waals surface area (Å²) >= 11 is 0. The number of hydrogen-bond acceptors (Lipinski definition) is 6. The molecule has 0 spiro atoms. The number of fused-ring (bicyclic) bond motifs is 1. The van der Waals surface area contributed by atoms with Crippen molar-refractivity contribution in [2.24, 2.45) is 10.1 Å². The molecule has 18 heavy (non-hydrogen) atoms. The number of hydrazone groups is 1. The normalized spacial score (nSPS) is 16.8. The van der Waals surface area contributed by atoms with E-state index in [9.17, 15) is 10.1 Å². The number of allylic oxidation sites excluding steroid dienone is 1. The number of halogens is 1. The zero-order valence-electron chi connectivity index (χ0n) is 9.15. The number of amidine groups is 1. The second kappa shape index (κ2) is 4.61. The van der Waals surface area contributed by atoms with E-state index in [1.54, 1.807) is 17.2 Å². The molecular formula is C10H9ClN4O3. The molecule has 0 saturated carbocycles. The summed E-state index contributed by atoms with van der Waals surface area (Å²) in [5.74, 6) is 0.922. The molecule has 3 rings (SSSR count). The number of aliphatic imine (C=N–C) groups is 1. The quantitative estimate of drug-likeness (QED) is 0.602. The zero-order chi connectivity index (χ0) is 11.8. The largest absolute Gasteiger partial charge is 0.433 e. The Morgan fingerprint density at radius 2 is 2.22 bits per heavy atom. The monoisotopic (exact) mass is 268 g/mol. The molecule has 8 heteroatoms. The van der Waals surface area contributed by atoms with E-state index in [-0.39, 0.29) is 18.3 Å². The molecule has 0 unspecified atom stereocenters. The van der Waals surface area contributed by atoms with Gasteiger partial charge in [0.25, 0.3) is 0 Å². The smallest absolute Gasteiger partial charge is 0.399 e. The van der Waals surface area contributed by atoms with E-state index in [1.165, 1.54) is 6.07 Å². The minimum Gasteiger partial charge on any atom is -0.399 e. The summed E-state index contributed by atoms with van der Waals surface area (Å²) in [5, 5.41) is 16.6. The Hall–Kier alpha value is -2.15. The summed E-state index contributed by atoms with van der Waals surface area (Å²) in [4.78, 5) is 14.2. The van der Waals surface area contributed by atoms with Crippen molar-refractivity contribution < 1.29 is 9.34 Å². The summed E-state index contributed by atoms with van der Waals surface area (Å²) < 4.78 is 5.09. The molecule has 0 aromatic carbocycles. The van der Waals surface area contributed by atoms with Crippen LogP contribution in [0.1, 0.15) is 5.76 Å². The highest BCUT2D eigenvalue weighted by atomic mass is 35.5. The summed E-state index contributed by atoms with van der Waals surface area (Å²) in [5.41, 5.74) is 0.568. The fraction of sp³-hybridized carbons (Fsp3) is 0.200. The molecule has 0 aliphatic carbocycles. The van der Waals surface area contributed by atoms with Gasteiger partial charge >= 0.3 is 5.88 Å². The lowest BCUT2D eigenvalue weighted by Crippen LogP contribution is -2.25. The Labute approximate surface area is 108 Å². The molecule has 1 aromatic rings. The average Bonchev–Trinajstić information content (AvgIpc) is 2.97. The van der Waals surface area contributed by atoms with Gasteiger partial charge in [-0.1, -0.05) is 0 Å². The van der Waals surface area contributed by atoms with Gasteiger partial charge in [-0.25, -0.2) is 5.01 Å². The Morgan fingerprint density at radius 3 is 2.94 bits per heavy atom. The molecule has 0 saturated heterocycles. The molecule has 1 aromatic heterocycles. The molecule has 0 fully saturated rings. The van der Waals surface area contributed by atoms with Crippen LogP contribution in [0.5, 0.6) is 0 Å². The second-order valence-corrected chi connectivity index (χ2v) is 3.58. The van der Waals surface area contributed by atoms with Crippen molar-refractivity contribution >= 4 is 29.8 Å². The minimum absolute atomic E-state index is 0. The third kappa shape index (κ3) is 2.00. The molecule has 2 aliphatic heterocycles. The number of rotatable bonds is 2. The molecule has 0 N–H and O–H groups in total. The lowest BCUT2D eigenvalue weighted by atomic mass is 10.2. The van der Waals surface area contributed by atoms with Gasteiger partial charge in [0, 0.05) is 0 Å². The topological polar surface area (TPSA) is 84.2 Å². The summed E-state index contributed by atoms with van der Waals surface area (Å²) in [6.07, 6.45) is 3.56. The fourth-order valence-electron chi connectivity index (χ4n) is 1.71. The van der Waals surface area contributed by atoms with Crippen molar-refractivity contribution in [3.05, 3.63) is 40.2 Å². The third-order valence-electron chi connectivity index (χ3n) is 2.49. The molecule has 94 valence electrons. The van der Waals surface area contributed by atoms with E-state index in [0.717, 1.165) is 18.9 Å². The van der Waals surface area contributed by atoms with Crippen LogP contribution in [0.3, 0.4) is 0 Å². The van der Waals surface area contributed by atoms with Crippen LogP contribution < -0.4 is 0 Å². The van der Waals surface area contributed by atoms with Crippen LogP contribution in [-0.2, 0) is 0 Å². The first kappa shape index (κ1) is 12.3. The molecule has 0 radical (unpaired) electrons. The molecule has 3 heterocycles. The van der Waals surface area contributed by atoms with E-state index >= 15 is 0 Å². The van der Waals surface area contributed by atoms with E-state index in [1.807, 2.05) is 6.08 Å². The lowest BCUT2D eigenvalue weighted by molar-refractivity contribution is -0.402. The van der Waals surface area contributed by atoms with Crippen LogP contribution in [0.4, 0.5) is 5.88 Å². The Morgan fingerprint density at radius 1 is 1.39 bits per heavy atom. The maximum absolute atomic E-state index is 10.5. The van der Waals surface area contributed by atoms with E-state index in [4.69, 9.17) is 4.42 Å². The van der Waals surface area contributed by atoms with E-state index < -0.39 is 4.92 Å². The van der Waals surface area contributed by atoms with Gasteiger partial charge in [-0.2, -0.15) is 5.10 Å². The predicted molar refractivity (Wildman–Crippen MR) is 67.3 cm³/mol. The van der Waals surface area contributed by atoms with Crippen LogP contribution in [0.25, 0.3) is 0 Å². The second-order valence-electron chi connectivity index (χ2n) is 3.58. The SMILES string of the molecule is Cl.O=[N+]([O-])c1ccc(C2=NN3CCN=C3C=C2)o1. The van der Waals surface area contributed by atoms with Crippen molar-refractivity contribution in [3.63, 3.8) is 0 Å². The summed E-state index contributed by atoms with van der Waals surface area (Å²) in [6.45, 7) is 1.45. The fourth-order valence-corrected chi connectivity index (χ4v) is 1.71. The van der Waals surface area contributed by atoms with Crippen molar-refractivity contribution in [1.82, 2.24) is 5.01 Å². The maximum atomic E-state index is 10.5. The van der Waals surface area contributed by atoms with Gasteiger partial charge < -0.3 is 4.42 Å². The Kier molecular flexibility index (Phi) is 3.15. The highest BCUT2D eigenvalue weighted by molar-refractivity contribution is 6.13. The number of hydrogen-bond donors (Lipinski definition) is 0. The van der Waals surface area contributed by atoms with Crippen molar-refractivity contribution in [3.8, 4) is 0 Å². The minimum atomic E-state index is -0.570. The standard InChI is InChI=1S/C10H8N4O3.ClH/c15-14(16)10-4-2-8(17-10)7-1-3-9-11-5-6-13(9)12-7;/h1-4H,5-6H2;1H. The van der Waals surface area contributed by atoms with Gasteiger partial charge in [0.15, 0.2) is 5.76 Å². The van der Waals surface area contributed by atoms with E-state index in [0.29, 0.717) is 11.5 Å². The van der Waals surface area contributed by atoms with Gasteiger partial charge in [0.1, 0.15) is 16.5 Å². The van der Waals surface area contributed by atoms with Crippen molar-refractivity contribution in [2.75, 3.05) is 13.1 Å². The first-order valence-electron chi connectivity index (χ1n) is 5.07. The highest BCUT2D eigenvalue weighted by Crippen LogP contribution is 2.19. The van der Waals surface area contributed by atoms with Crippen molar-refractivity contribution in [1.29, 1.82) is 0 Å². The van der Waals surface area contributed by atoms with Crippen LogP contribution in [0.2, 0.25) is 0 Å². The summed E-state index contributed by atoms with van der Waals surface area (Å²) in [6, 6.07) is 2.86. The van der Waals surface area contributed by atoms with Crippen LogP contribution in [0, 0.1) is 10.1 Å². The van der Waals surface area contributed by atoms with Crippen molar-refractivity contribution in [2.45, 2.75) is 0 Å². The molecule has 0 amide bonds. The Bertz CT molecular complexity index is 575. The van der Waals surface area contributed by atoms with Crippen LogP contribution >= 0.6 is 12.4 Å². The summed E-state index contributed by atoms with van der Waals surface area (Å²) in [7, 11) is 0. The average molecular weight is 269 g/mol.